The van der Waals surface area contributed by atoms with Crippen LogP contribution in [0.4, 0.5) is 11.4 Å². The van der Waals surface area contributed by atoms with E-state index in [-0.39, 0.29) is 22.5 Å². The number of hydrogen-bond acceptors (Lipinski definition) is 3. The summed E-state index contributed by atoms with van der Waals surface area (Å²) in [5.41, 5.74) is 6.70. The van der Waals surface area contributed by atoms with Gasteiger partial charge in [0, 0.05) is 11.9 Å². The molecule has 3 N–H and O–H groups in total. The van der Waals surface area contributed by atoms with E-state index in [1.807, 2.05) is 6.07 Å². The van der Waals surface area contributed by atoms with E-state index in [4.69, 9.17) is 34.2 Å². The van der Waals surface area contributed by atoms with Gasteiger partial charge in [0.05, 0.1) is 15.7 Å². The SMILES string of the molecule is N#Cc1cccn1CC(=O)Nc1c(Cl)cc(N)cc1Cl. The fourth-order valence-corrected chi connectivity index (χ4v) is 2.30. The third-order valence-corrected chi connectivity index (χ3v) is 3.18. The average Bonchev–Trinajstić information content (AvgIpc) is 2.81. The normalized spacial score (nSPS) is 10.1. The summed E-state index contributed by atoms with van der Waals surface area (Å²) < 4.78 is 1.52. The van der Waals surface area contributed by atoms with Crippen LogP contribution in [0.3, 0.4) is 0 Å². The number of nitrogen functional groups attached to an aromatic ring is 1. The number of aromatic nitrogens is 1. The number of nitrogens with two attached hydrogens (primary N) is 1. The van der Waals surface area contributed by atoms with Crippen molar-refractivity contribution in [3.63, 3.8) is 0 Å². The highest BCUT2D eigenvalue weighted by Gasteiger charge is 2.12. The summed E-state index contributed by atoms with van der Waals surface area (Å²) in [6, 6.07) is 8.30. The van der Waals surface area contributed by atoms with Crippen molar-refractivity contribution < 1.29 is 4.79 Å². The lowest BCUT2D eigenvalue weighted by Gasteiger charge is -2.11. The highest BCUT2D eigenvalue weighted by Crippen LogP contribution is 2.32. The predicted octanol–water partition coefficient (Wildman–Crippen LogP) is 2.89. The fraction of sp³-hybridized carbons (Fsp3) is 0.0769. The van der Waals surface area contributed by atoms with Crippen molar-refractivity contribution >= 4 is 40.5 Å². The minimum Gasteiger partial charge on any atom is -0.399 e. The van der Waals surface area contributed by atoms with Crippen molar-refractivity contribution in [3.8, 4) is 6.07 Å². The van der Waals surface area contributed by atoms with Crippen LogP contribution in [0.25, 0.3) is 0 Å². The molecule has 0 aliphatic heterocycles. The van der Waals surface area contributed by atoms with Crippen LogP contribution in [0.15, 0.2) is 30.5 Å². The smallest absolute Gasteiger partial charge is 0.244 e. The van der Waals surface area contributed by atoms with E-state index in [9.17, 15) is 4.79 Å². The highest BCUT2D eigenvalue weighted by atomic mass is 35.5. The summed E-state index contributed by atoms with van der Waals surface area (Å²) in [5.74, 6) is -0.341. The molecule has 1 aromatic heterocycles. The Morgan fingerprint density at radius 2 is 2.05 bits per heavy atom. The molecule has 0 unspecified atom stereocenters. The molecule has 0 radical (unpaired) electrons. The van der Waals surface area contributed by atoms with E-state index in [1.54, 1.807) is 18.3 Å². The standard InChI is InChI=1S/C13H10Cl2N4O/c14-10-4-8(17)5-11(15)13(10)18-12(20)7-19-3-1-2-9(19)6-16/h1-5H,7,17H2,(H,18,20). The number of amides is 1. The summed E-state index contributed by atoms with van der Waals surface area (Å²) in [7, 11) is 0. The quantitative estimate of drug-likeness (QED) is 0.855. The second-order valence-electron chi connectivity index (χ2n) is 4.04. The number of halogens is 2. The lowest BCUT2D eigenvalue weighted by Crippen LogP contribution is -2.19. The Morgan fingerprint density at radius 3 is 2.65 bits per heavy atom. The van der Waals surface area contributed by atoms with Crippen LogP contribution in [0.5, 0.6) is 0 Å². The van der Waals surface area contributed by atoms with E-state index >= 15 is 0 Å². The Kier molecular flexibility index (Phi) is 4.18. The number of nitrogens with one attached hydrogen (secondary N) is 1. The van der Waals surface area contributed by atoms with Gasteiger partial charge in [-0.25, -0.2) is 0 Å². The molecule has 0 saturated heterocycles. The van der Waals surface area contributed by atoms with Crippen LogP contribution in [-0.4, -0.2) is 10.5 Å². The number of carbonyl (C=O) groups is 1. The van der Waals surface area contributed by atoms with Crippen LogP contribution in [0.1, 0.15) is 5.69 Å². The molecule has 0 aliphatic carbocycles. The Labute approximate surface area is 125 Å². The molecule has 0 fully saturated rings. The van der Waals surface area contributed by atoms with Gasteiger partial charge in [-0.1, -0.05) is 23.2 Å². The van der Waals surface area contributed by atoms with E-state index in [1.165, 1.54) is 16.7 Å². The first-order valence-electron chi connectivity index (χ1n) is 5.61. The molecule has 102 valence electrons. The van der Waals surface area contributed by atoms with Gasteiger partial charge in [-0.2, -0.15) is 5.26 Å². The highest BCUT2D eigenvalue weighted by molar-refractivity contribution is 6.40. The van der Waals surface area contributed by atoms with Crippen LogP contribution in [-0.2, 0) is 11.3 Å². The molecular weight excluding hydrogens is 299 g/mol. The molecule has 5 nitrogen and oxygen atoms in total. The molecule has 7 heteroatoms. The maximum atomic E-state index is 11.9. The third-order valence-electron chi connectivity index (χ3n) is 2.59. The zero-order valence-corrected chi connectivity index (χ0v) is 11.7. The van der Waals surface area contributed by atoms with Crippen molar-refractivity contribution in [3.05, 3.63) is 46.2 Å². The minimum absolute atomic E-state index is 0.00702. The first-order valence-corrected chi connectivity index (χ1v) is 6.36. The van der Waals surface area contributed by atoms with Crippen LogP contribution >= 0.6 is 23.2 Å². The fourth-order valence-electron chi connectivity index (χ4n) is 1.70. The van der Waals surface area contributed by atoms with Crippen molar-refractivity contribution in [2.75, 3.05) is 11.1 Å². The Hall–Kier alpha value is -2.16. The number of anilines is 2. The van der Waals surface area contributed by atoms with Crippen molar-refractivity contribution in [2.24, 2.45) is 0 Å². The zero-order chi connectivity index (χ0) is 14.7. The van der Waals surface area contributed by atoms with Crippen LogP contribution in [0.2, 0.25) is 10.0 Å². The van der Waals surface area contributed by atoms with E-state index < -0.39 is 0 Å². The number of hydrogen-bond donors (Lipinski definition) is 2. The lowest BCUT2D eigenvalue weighted by molar-refractivity contribution is -0.116. The second kappa shape index (κ2) is 5.87. The Bertz CT molecular complexity index is 680. The van der Waals surface area contributed by atoms with Crippen LogP contribution in [0, 0.1) is 11.3 Å². The molecule has 0 atom stereocenters. The number of carbonyl (C=O) groups excluding carboxylic acids is 1. The van der Waals surface area contributed by atoms with Crippen molar-refractivity contribution in [2.45, 2.75) is 6.54 Å². The van der Waals surface area contributed by atoms with Gasteiger partial charge in [-0.05, 0) is 24.3 Å². The van der Waals surface area contributed by atoms with Gasteiger partial charge in [0.25, 0.3) is 0 Å². The largest absolute Gasteiger partial charge is 0.399 e. The van der Waals surface area contributed by atoms with Gasteiger partial charge >= 0.3 is 0 Å². The molecule has 20 heavy (non-hydrogen) atoms. The van der Waals surface area contributed by atoms with Gasteiger partial charge in [0.2, 0.25) is 5.91 Å². The molecular formula is C13H10Cl2N4O. The van der Waals surface area contributed by atoms with Gasteiger partial charge in [0.1, 0.15) is 18.3 Å². The summed E-state index contributed by atoms with van der Waals surface area (Å²) in [6.07, 6.45) is 1.64. The van der Waals surface area contributed by atoms with Crippen LogP contribution < -0.4 is 11.1 Å². The average molecular weight is 309 g/mol. The molecule has 0 aliphatic rings. The molecule has 2 rings (SSSR count). The number of nitriles is 1. The third kappa shape index (κ3) is 3.05. The Morgan fingerprint density at radius 1 is 1.40 bits per heavy atom. The van der Waals surface area contributed by atoms with Crippen molar-refractivity contribution in [1.29, 1.82) is 5.26 Å². The first-order chi connectivity index (χ1) is 9.51. The lowest BCUT2D eigenvalue weighted by atomic mass is 10.2. The molecule has 1 amide bonds. The predicted molar refractivity (Wildman–Crippen MR) is 78.7 cm³/mol. The molecule has 1 aromatic carbocycles. The number of benzene rings is 1. The van der Waals surface area contributed by atoms with E-state index in [0.29, 0.717) is 17.1 Å². The maximum Gasteiger partial charge on any atom is 0.244 e. The van der Waals surface area contributed by atoms with Gasteiger partial charge in [-0.3, -0.25) is 4.79 Å². The Balaban J connectivity index is 2.15. The second-order valence-corrected chi connectivity index (χ2v) is 4.86. The molecule has 0 spiro atoms. The summed E-state index contributed by atoms with van der Waals surface area (Å²) in [6.45, 7) is -0.00702. The molecule has 0 saturated carbocycles. The van der Waals surface area contributed by atoms with Crippen molar-refractivity contribution in [1.82, 2.24) is 4.57 Å². The number of rotatable bonds is 3. The molecule has 0 bridgehead atoms. The van der Waals surface area contributed by atoms with Gasteiger partial charge in [0.15, 0.2) is 0 Å². The molecule has 1 heterocycles. The zero-order valence-electron chi connectivity index (χ0n) is 10.2. The topological polar surface area (TPSA) is 83.8 Å². The van der Waals surface area contributed by atoms with Gasteiger partial charge in [-0.15, -0.1) is 0 Å². The maximum absolute atomic E-state index is 11.9. The molecule has 2 aromatic rings. The van der Waals surface area contributed by atoms with E-state index in [0.717, 1.165) is 0 Å². The van der Waals surface area contributed by atoms with Gasteiger partial charge < -0.3 is 15.6 Å². The number of nitrogens with zero attached hydrogens (tertiary/aromatic N) is 2. The summed E-state index contributed by atoms with van der Waals surface area (Å²) in [4.78, 5) is 11.9. The minimum atomic E-state index is -0.341. The summed E-state index contributed by atoms with van der Waals surface area (Å²) >= 11 is 12.0. The van der Waals surface area contributed by atoms with E-state index in [2.05, 4.69) is 5.32 Å². The first kappa shape index (κ1) is 14.3. The summed E-state index contributed by atoms with van der Waals surface area (Å²) in [5, 5.41) is 12.0. The monoisotopic (exact) mass is 308 g/mol.